The molecule has 4 aromatic rings. The maximum absolute atomic E-state index is 14.8. The number of methoxy groups -OCH3 is 1. The van der Waals surface area contributed by atoms with Gasteiger partial charge in [-0.3, -0.25) is 9.59 Å². The largest absolute Gasteiger partial charge is 0.494 e. The number of benzene rings is 1. The van der Waals surface area contributed by atoms with E-state index in [-0.39, 0.29) is 16.8 Å². The number of H-pyrrole nitrogens is 1. The van der Waals surface area contributed by atoms with Gasteiger partial charge in [0.1, 0.15) is 12.0 Å². The maximum Gasteiger partial charge on any atom is 0.425 e. The Hall–Kier alpha value is -4.36. The summed E-state index contributed by atoms with van der Waals surface area (Å²) >= 11 is 0. The van der Waals surface area contributed by atoms with Gasteiger partial charge in [-0.05, 0) is 30.5 Å². The summed E-state index contributed by atoms with van der Waals surface area (Å²) in [6, 6.07) is 3.90. The molecule has 200 valence electrons. The Bertz CT molecular complexity index is 1570. The summed E-state index contributed by atoms with van der Waals surface area (Å²) < 4.78 is 80.3. The Morgan fingerprint density at radius 2 is 1.84 bits per heavy atom. The van der Waals surface area contributed by atoms with Crippen molar-refractivity contribution in [2.24, 2.45) is 0 Å². The maximum atomic E-state index is 14.8. The third-order valence-corrected chi connectivity index (χ3v) is 5.58. The molecular weight excluding hydrogens is 517 g/mol. The normalized spacial score (nSPS) is 13.3. The lowest BCUT2D eigenvalue weighted by atomic mass is 10.1. The Morgan fingerprint density at radius 3 is 2.50 bits per heavy atom. The van der Waals surface area contributed by atoms with Crippen LogP contribution in [0, 0.1) is 5.82 Å². The number of hydrogen-bond acceptors (Lipinski definition) is 7. The number of fused-ring (bicyclic) bond motifs is 1. The molecule has 1 aromatic carbocycles. The van der Waals surface area contributed by atoms with Crippen LogP contribution in [-0.2, 0) is 12.7 Å². The number of nitrogens with zero attached hydrogens (tertiary/aromatic N) is 4. The van der Waals surface area contributed by atoms with E-state index in [1.165, 1.54) is 44.8 Å². The van der Waals surface area contributed by atoms with Crippen molar-refractivity contribution in [1.29, 1.82) is 0 Å². The van der Waals surface area contributed by atoms with Gasteiger partial charge in [0.15, 0.2) is 22.9 Å². The van der Waals surface area contributed by atoms with Crippen molar-refractivity contribution >= 4 is 10.8 Å². The van der Waals surface area contributed by atoms with Crippen LogP contribution >= 0.6 is 0 Å². The highest BCUT2D eigenvalue weighted by Crippen LogP contribution is 2.33. The molecule has 0 fully saturated rings. The fourth-order valence-corrected chi connectivity index (χ4v) is 3.83. The molecule has 38 heavy (non-hydrogen) atoms. The van der Waals surface area contributed by atoms with Gasteiger partial charge in [-0.2, -0.15) is 18.3 Å². The van der Waals surface area contributed by atoms with Crippen LogP contribution in [0.5, 0.6) is 11.5 Å². The molecule has 0 amide bonds. The van der Waals surface area contributed by atoms with E-state index in [1.54, 1.807) is 5.10 Å². The molecule has 4 rings (SSSR count). The van der Waals surface area contributed by atoms with Gasteiger partial charge in [0.25, 0.3) is 11.1 Å². The lowest BCUT2D eigenvalue weighted by Gasteiger charge is -2.19. The van der Waals surface area contributed by atoms with Crippen LogP contribution in [0.15, 0.2) is 52.6 Å². The summed E-state index contributed by atoms with van der Waals surface area (Å²) in [7, 11) is 1.43. The van der Waals surface area contributed by atoms with Crippen molar-refractivity contribution in [1.82, 2.24) is 24.7 Å². The molecule has 14 heteroatoms. The van der Waals surface area contributed by atoms with E-state index in [1.807, 2.05) is 0 Å². The average Bonchev–Trinajstić information content (AvgIpc) is 2.85. The predicted molar refractivity (Wildman–Crippen MR) is 125 cm³/mol. The minimum Gasteiger partial charge on any atom is -0.494 e. The summed E-state index contributed by atoms with van der Waals surface area (Å²) in [5.74, 6) is -1.14. The van der Waals surface area contributed by atoms with Crippen LogP contribution in [0.2, 0.25) is 0 Å². The Morgan fingerprint density at radius 1 is 1.13 bits per heavy atom. The minimum absolute atomic E-state index is 0.0110. The highest BCUT2D eigenvalue weighted by atomic mass is 19.4. The summed E-state index contributed by atoms with van der Waals surface area (Å²) in [6.07, 6.45) is -3.50. The highest BCUT2D eigenvalue weighted by molar-refractivity contribution is 5.86. The SMILES string of the molecule is COc1cnc(-c2cc3ccn(CC(F)CC(C)Oc4cn[nH]c(=O)c4C(F)(F)F)c(=O)c3cc2F)nc1. The molecule has 3 heterocycles. The fourth-order valence-electron chi connectivity index (χ4n) is 3.83. The predicted octanol–water partition coefficient (Wildman–Crippen LogP) is 3.90. The number of aromatic nitrogens is 5. The van der Waals surface area contributed by atoms with Crippen molar-refractivity contribution in [2.75, 3.05) is 7.11 Å². The second kappa shape index (κ2) is 10.6. The first-order valence-electron chi connectivity index (χ1n) is 11.1. The zero-order chi connectivity index (χ0) is 27.6. The number of rotatable bonds is 8. The second-order valence-corrected chi connectivity index (χ2v) is 8.34. The molecule has 0 radical (unpaired) electrons. The Kier molecular flexibility index (Phi) is 7.41. The van der Waals surface area contributed by atoms with E-state index in [2.05, 4.69) is 15.1 Å². The molecule has 0 spiro atoms. The third kappa shape index (κ3) is 5.63. The van der Waals surface area contributed by atoms with Crippen molar-refractivity contribution < 1.29 is 31.4 Å². The van der Waals surface area contributed by atoms with Crippen LogP contribution in [0.25, 0.3) is 22.2 Å². The minimum atomic E-state index is -5.01. The number of halogens is 5. The second-order valence-electron chi connectivity index (χ2n) is 8.34. The number of aromatic amines is 1. The van der Waals surface area contributed by atoms with E-state index in [9.17, 15) is 31.5 Å². The quantitative estimate of drug-likeness (QED) is 0.339. The average molecular weight is 537 g/mol. The zero-order valence-electron chi connectivity index (χ0n) is 19.9. The number of hydrogen-bond donors (Lipinski definition) is 1. The zero-order valence-corrected chi connectivity index (χ0v) is 19.9. The van der Waals surface area contributed by atoms with E-state index in [0.717, 1.165) is 10.6 Å². The number of pyridine rings is 1. The number of nitrogens with one attached hydrogen (secondary N) is 1. The van der Waals surface area contributed by atoms with Crippen molar-refractivity contribution in [3.05, 3.63) is 75.1 Å². The molecule has 3 aromatic heterocycles. The van der Waals surface area contributed by atoms with Crippen LogP contribution in [-0.4, -0.2) is 44.1 Å². The standard InChI is InChI=1S/C24H20F5N5O4/c1-12(38-19-10-32-33-22(35)20(19)24(27,28)29)5-14(25)11-34-4-3-13-6-17(18(26)7-16(13)23(34)36)21-30-8-15(37-2)9-31-21/h3-4,6-10,12,14H,5,11H2,1-2H3,(H,33,35). The van der Waals surface area contributed by atoms with Gasteiger partial charge < -0.3 is 14.0 Å². The molecule has 2 unspecified atom stereocenters. The number of ether oxygens (including phenoxy) is 2. The summed E-state index contributed by atoms with van der Waals surface area (Å²) in [5, 5.41) is 5.33. The lowest BCUT2D eigenvalue weighted by Crippen LogP contribution is -2.29. The molecule has 0 bridgehead atoms. The van der Waals surface area contributed by atoms with E-state index < -0.39 is 59.7 Å². The summed E-state index contributed by atoms with van der Waals surface area (Å²) in [6.45, 7) is 0.850. The molecule has 0 saturated carbocycles. The smallest absolute Gasteiger partial charge is 0.425 e. The molecule has 1 N–H and O–H groups in total. The first kappa shape index (κ1) is 26.7. The van der Waals surface area contributed by atoms with E-state index >= 15 is 0 Å². The van der Waals surface area contributed by atoms with Crippen LogP contribution in [0.4, 0.5) is 22.0 Å². The van der Waals surface area contributed by atoms with Crippen molar-refractivity contribution in [2.45, 2.75) is 38.3 Å². The first-order valence-corrected chi connectivity index (χ1v) is 11.1. The lowest BCUT2D eigenvalue weighted by molar-refractivity contribution is -0.140. The van der Waals surface area contributed by atoms with Gasteiger partial charge in [0, 0.05) is 12.6 Å². The molecule has 0 aliphatic rings. The summed E-state index contributed by atoms with van der Waals surface area (Å²) in [4.78, 5) is 32.5. The topological polar surface area (TPSA) is 112 Å². The molecule has 0 aliphatic heterocycles. The Labute approximate surface area is 210 Å². The van der Waals surface area contributed by atoms with Crippen molar-refractivity contribution in [3.63, 3.8) is 0 Å². The number of alkyl halides is 4. The molecule has 9 nitrogen and oxygen atoms in total. The van der Waals surface area contributed by atoms with Crippen LogP contribution < -0.4 is 20.6 Å². The molecule has 2 atom stereocenters. The van der Waals surface area contributed by atoms with Crippen LogP contribution in [0.3, 0.4) is 0 Å². The highest BCUT2D eigenvalue weighted by Gasteiger charge is 2.38. The Balaban J connectivity index is 1.51. The van der Waals surface area contributed by atoms with Crippen LogP contribution in [0.1, 0.15) is 18.9 Å². The van der Waals surface area contributed by atoms with Gasteiger partial charge in [0.05, 0.1) is 49.3 Å². The fraction of sp³-hybridized carbons (Fsp3) is 0.292. The monoisotopic (exact) mass is 537 g/mol. The van der Waals surface area contributed by atoms with E-state index in [0.29, 0.717) is 17.3 Å². The van der Waals surface area contributed by atoms with Gasteiger partial charge in [0.2, 0.25) is 0 Å². The third-order valence-electron chi connectivity index (χ3n) is 5.58. The first-order chi connectivity index (χ1) is 18.0. The summed E-state index contributed by atoms with van der Waals surface area (Å²) in [5.41, 5.74) is -3.69. The van der Waals surface area contributed by atoms with Gasteiger partial charge >= 0.3 is 6.18 Å². The molecular formula is C24H20F5N5O4. The van der Waals surface area contributed by atoms with E-state index in [4.69, 9.17) is 9.47 Å². The van der Waals surface area contributed by atoms with Gasteiger partial charge in [-0.1, -0.05) is 0 Å². The molecule has 0 saturated heterocycles. The van der Waals surface area contributed by atoms with Gasteiger partial charge in [-0.25, -0.2) is 23.8 Å². The van der Waals surface area contributed by atoms with Crippen molar-refractivity contribution in [3.8, 4) is 22.9 Å². The molecule has 0 aliphatic carbocycles. The van der Waals surface area contributed by atoms with Gasteiger partial charge in [-0.15, -0.1) is 0 Å².